The number of benzene rings is 1. The minimum atomic E-state index is -3.11. The number of halogens is 2. The van der Waals surface area contributed by atoms with E-state index >= 15 is 0 Å². The third-order valence-corrected chi connectivity index (χ3v) is 8.20. The summed E-state index contributed by atoms with van der Waals surface area (Å²) in [5.74, 6) is -0.426. The van der Waals surface area contributed by atoms with Gasteiger partial charge in [-0.2, -0.15) is 0 Å². The van der Waals surface area contributed by atoms with E-state index in [2.05, 4.69) is 10.6 Å². The first-order valence-electron chi connectivity index (χ1n) is 9.52. The molecule has 3 rings (SSSR count). The van der Waals surface area contributed by atoms with E-state index in [0.717, 1.165) is 4.88 Å². The van der Waals surface area contributed by atoms with Gasteiger partial charge in [0.05, 0.1) is 17.1 Å². The largest absolute Gasteiger partial charge is 0.337 e. The molecule has 1 aliphatic rings. The predicted octanol–water partition coefficient (Wildman–Crippen LogP) is 4.87. The normalized spacial score (nSPS) is 16.1. The zero-order chi connectivity index (χ0) is 23.0. The number of sulfone groups is 1. The summed E-state index contributed by atoms with van der Waals surface area (Å²) in [6.45, 7) is 6.30. The van der Waals surface area contributed by atoms with Crippen LogP contribution in [0.25, 0.3) is 0 Å². The second kappa shape index (κ2) is 8.97. The van der Waals surface area contributed by atoms with Crippen molar-refractivity contribution in [1.82, 2.24) is 4.90 Å². The number of rotatable bonds is 3. The van der Waals surface area contributed by atoms with Crippen molar-refractivity contribution < 1.29 is 18.0 Å². The van der Waals surface area contributed by atoms with Gasteiger partial charge in [-0.3, -0.25) is 10.1 Å². The van der Waals surface area contributed by atoms with E-state index in [0.29, 0.717) is 26.3 Å². The Bertz CT molecular complexity index is 1090. The lowest BCUT2D eigenvalue weighted by Crippen LogP contribution is -2.43. The van der Waals surface area contributed by atoms with Crippen LogP contribution in [0.2, 0.25) is 10.0 Å². The van der Waals surface area contributed by atoms with E-state index in [9.17, 15) is 18.0 Å². The molecule has 2 N–H and O–H groups in total. The number of nitrogens with one attached hydrogen (secondary N) is 2. The van der Waals surface area contributed by atoms with Crippen LogP contribution in [-0.2, 0) is 15.3 Å². The number of urea groups is 1. The summed E-state index contributed by atoms with van der Waals surface area (Å²) in [6, 6.07) is 5.89. The van der Waals surface area contributed by atoms with Gasteiger partial charge >= 0.3 is 6.03 Å². The molecule has 0 atom stereocenters. The number of amides is 3. The number of thiophene rings is 1. The van der Waals surface area contributed by atoms with Crippen LogP contribution in [0.1, 0.15) is 36.0 Å². The number of nitrogens with zero attached hydrogens (tertiary/aromatic N) is 1. The number of anilines is 2. The Morgan fingerprint density at radius 1 is 1.00 bits per heavy atom. The van der Waals surface area contributed by atoms with Gasteiger partial charge in [-0.1, -0.05) is 44.0 Å². The molecule has 1 aromatic carbocycles. The average Bonchev–Trinajstić information content (AvgIpc) is 3.04. The summed E-state index contributed by atoms with van der Waals surface area (Å²) < 4.78 is 23.4. The highest BCUT2D eigenvalue weighted by Gasteiger charge is 2.30. The second-order valence-electron chi connectivity index (χ2n) is 8.28. The van der Waals surface area contributed by atoms with Crippen molar-refractivity contribution in [2.24, 2.45) is 0 Å². The van der Waals surface area contributed by atoms with Crippen LogP contribution in [0.5, 0.6) is 0 Å². The van der Waals surface area contributed by atoms with Gasteiger partial charge in [-0.15, -0.1) is 11.3 Å². The van der Waals surface area contributed by atoms with Crippen LogP contribution in [-0.4, -0.2) is 49.9 Å². The maximum atomic E-state index is 13.1. The van der Waals surface area contributed by atoms with Crippen molar-refractivity contribution in [3.8, 4) is 0 Å². The maximum Gasteiger partial charge on any atom is 0.324 e. The summed E-state index contributed by atoms with van der Waals surface area (Å²) in [5.41, 5.74) is 0.521. The fraction of sp³-hybridized carbons (Fsp3) is 0.400. The SMILES string of the molecule is CC(C)(C)c1cc(C(=O)N2CCS(=O)(=O)CC2)c(NC(=O)Nc2cc(Cl)cc(Cl)c2)s1. The van der Waals surface area contributed by atoms with Gasteiger partial charge in [0.1, 0.15) is 5.00 Å². The van der Waals surface area contributed by atoms with Gasteiger partial charge in [0, 0.05) is 33.7 Å². The summed E-state index contributed by atoms with van der Waals surface area (Å²) in [7, 11) is -3.11. The van der Waals surface area contributed by atoms with E-state index in [-0.39, 0.29) is 35.9 Å². The van der Waals surface area contributed by atoms with E-state index in [1.54, 1.807) is 24.3 Å². The molecule has 0 spiro atoms. The number of carbonyl (C=O) groups is 2. The minimum absolute atomic E-state index is 0.0617. The van der Waals surface area contributed by atoms with Crippen LogP contribution in [0, 0.1) is 0 Å². The first kappa shape index (κ1) is 23.8. The lowest BCUT2D eigenvalue weighted by Gasteiger charge is -2.26. The molecule has 0 unspecified atom stereocenters. The molecule has 2 aromatic rings. The first-order valence-corrected chi connectivity index (χ1v) is 12.9. The van der Waals surface area contributed by atoms with Gasteiger partial charge in [-0.05, 0) is 29.7 Å². The van der Waals surface area contributed by atoms with Gasteiger partial charge in [0.2, 0.25) is 0 Å². The van der Waals surface area contributed by atoms with E-state index in [1.165, 1.54) is 16.2 Å². The quantitative estimate of drug-likeness (QED) is 0.624. The summed E-state index contributed by atoms with van der Waals surface area (Å²) >= 11 is 13.3. The Labute approximate surface area is 195 Å². The molecule has 1 aromatic heterocycles. The highest BCUT2D eigenvalue weighted by atomic mass is 35.5. The highest BCUT2D eigenvalue weighted by molar-refractivity contribution is 7.91. The molecular weight excluding hydrogens is 481 g/mol. The first-order chi connectivity index (χ1) is 14.3. The minimum Gasteiger partial charge on any atom is -0.337 e. The molecule has 0 saturated carbocycles. The van der Waals surface area contributed by atoms with Crippen molar-refractivity contribution in [3.63, 3.8) is 0 Å². The van der Waals surface area contributed by atoms with E-state index < -0.39 is 15.9 Å². The number of carbonyl (C=O) groups excluding carboxylic acids is 2. The summed E-state index contributed by atoms with van der Waals surface area (Å²) in [6.07, 6.45) is 0. The molecule has 11 heteroatoms. The van der Waals surface area contributed by atoms with Crippen LogP contribution in [0.15, 0.2) is 24.3 Å². The third-order valence-electron chi connectivity index (χ3n) is 4.68. The Morgan fingerprint density at radius 3 is 2.13 bits per heavy atom. The van der Waals surface area contributed by atoms with E-state index in [4.69, 9.17) is 23.2 Å². The molecule has 1 aliphatic heterocycles. The molecule has 3 amide bonds. The van der Waals surface area contributed by atoms with Crippen molar-refractivity contribution in [3.05, 3.63) is 44.8 Å². The Hall–Kier alpha value is -1.81. The Kier molecular flexibility index (Phi) is 6.90. The van der Waals surface area contributed by atoms with Gasteiger partial charge < -0.3 is 10.2 Å². The Balaban J connectivity index is 1.84. The molecular formula is C20H23Cl2N3O4S2. The molecule has 1 fully saturated rings. The van der Waals surface area contributed by atoms with Crippen LogP contribution in [0.3, 0.4) is 0 Å². The lowest BCUT2D eigenvalue weighted by atomic mass is 9.94. The molecule has 168 valence electrons. The predicted molar refractivity (Wildman–Crippen MR) is 127 cm³/mol. The highest BCUT2D eigenvalue weighted by Crippen LogP contribution is 2.37. The molecule has 2 heterocycles. The number of hydrogen-bond acceptors (Lipinski definition) is 5. The van der Waals surface area contributed by atoms with Crippen molar-refractivity contribution in [2.75, 3.05) is 35.2 Å². The molecule has 7 nitrogen and oxygen atoms in total. The monoisotopic (exact) mass is 503 g/mol. The van der Waals surface area contributed by atoms with Crippen molar-refractivity contribution in [1.29, 1.82) is 0 Å². The molecule has 31 heavy (non-hydrogen) atoms. The second-order valence-corrected chi connectivity index (χ2v) is 12.5. The van der Waals surface area contributed by atoms with Crippen LogP contribution >= 0.6 is 34.5 Å². The number of hydrogen-bond donors (Lipinski definition) is 2. The smallest absolute Gasteiger partial charge is 0.324 e. The zero-order valence-corrected chi connectivity index (χ0v) is 20.4. The van der Waals surface area contributed by atoms with Gasteiger partial charge in [-0.25, -0.2) is 13.2 Å². The third kappa shape index (κ3) is 6.12. The fourth-order valence-corrected chi connectivity index (χ4v) is 5.82. The summed E-state index contributed by atoms with van der Waals surface area (Å²) in [4.78, 5) is 28.2. The fourth-order valence-electron chi connectivity index (χ4n) is 2.99. The van der Waals surface area contributed by atoms with Gasteiger partial charge in [0.15, 0.2) is 9.84 Å². The molecule has 0 bridgehead atoms. The molecule has 1 saturated heterocycles. The summed E-state index contributed by atoms with van der Waals surface area (Å²) in [5, 5.41) is 6.56. The van der Waals surface area contributed by atoms with Crippen molar-refractivity contribution >= 4 is 67.0 Å². The maximum absolute atomic E-state index is 13.1. The van der Waals surface area contributed by atoms with E-state index in [1.807, 2.05) is 20.8 Å². The van der Waals surface area contributed by atoms with Crippen LogP contribution < -0.4 is 10.6 Å². The molecule has 0 aliphatic carbocycles. The standard InChI is InChI=1S/C20H23Cl2N3O4S2/c1-20(2,3)16-11-15(18(26)25-4-6-31(28,29)7-5-25)17(30-16)24-19(27)23-14-9-12(21)8-13(22)10-14/h8-11H,4-7H2,1-3H3,(H2,23,24,27). The van der Waals surface area contributed by atoms with Crippen LogP contribution in [0.4, 0.5) is 15.5 Å². The topological polar surface area (TPSA) is 95.6 Å². The molecule has 0 radical (unpaired) electrons. The van der Waals surface area contributed by atoms with Gasteiger partial charge in [0.25, 0.3) is 5.91 Å². The zero-order valence-electron chi connectivity index (χ0n) is 17.3. The Morgan fingerprint density at radius 2 is 1.58 bits per heavy atom. The average molecular weight is 504 g/mol. The van der Waals surface area contributed by atoms with Crippen molar-refractivity contribution in [2.45, 2.75) is 26.2 Å². The lowest BCUT2D eigenvalue weighted by molar-refractivity contribution is 0.0771.